The van der Waals surface area contributed by atoms with Crippen LogP contribution in [0.25, 0.3) is 0 Å². The van der Waals surface area contributed by atoms with E-state index in [4.69, 9.17) is 11.6 Å². The van der Waals surface area contributed by atoms with E-state index in [0.717, 1.165) is 25.0 Å². The molecule has 1 aliphatic rings. The SMILES string of the molecule is O=C(NCC1(O)CCCC1)c1cc(F)c(F)cc1Cl. The summed E-state index contributed by atoms with van der Waals surface area (Å²) in [6, 6.07) is 1.52. The number of nitrogens with one attached hydrogen (secondary N) is 1. The molecule has 1 aromatic rings. The largest absolute Gasteiger partial charge is 0.388 e. The zero-order chi connectivity index (χ0) is 14.0. The lowest BCUT2D eigenvalue weighted by Gasteiger charge is -2.22. The molecule has 1 aromatic carbocycles. The number of amides is 1. The standard InChI is InChI=1S/C13H14ClF2NO2/c14-9-6-11(16)10(15)5-8(9)12(18)17-7-13(19)3-1-2-4-13/h5-6,19H,1-4,7H2,(H,17,18). The lowest BCUT2D eigenvalue weighted by Crippen LogP contribution is -2.40. The highest BCUT2D eigenvalue weighted by molar-refractivity contribution is 6.33. The molecule has 1 fully saturated rings. The van der Waals surface area contributed by atoms with E-state index in [1.54, 1.807) is 0 Å². The Morgan fingerprint density at radius 2 is 1.89 bits per heavy atom. The van der Waals surface area contributed by atoms with Crippen molar-refractivity contribution in [3.63, 3.8) is 0 Å². The van der Waals surface area contributed by atoms with Crippen LogP contribution in [0, 0.1) is 11.6 Å². The first kappa shape index (κ1) is 14.2. The second-order valence-electron chi connectivity index (χ2n) is 4.86. The third-order valence-corrected chi connectivity index (χ3v) is 3.68. The van der Waals surface area contributed by atoms with Gasteiger partial charge >= 0.3 is 0 Å². The highest BCUT2D eigenvalue weighted by Gasteiger charge is 2.31. The maximum absolute atomic E-state index is 13.1. The van der Waals surface area contributed by atoms with E-state index in [2.05, 4.69) is 5.32 Å². The van der Waals surface area contributed by atoms with E-state index in [9.17, 15) is 18.7 Å². The van der Waals surface area contributed by atoms with Crippen LogP contribution in [0.5, 0.6) is 0 Å². The van der Waals surface area contributed by atoms with E-state index >= 15 is 0 Å². The van der Waals surface area contributed by atoms with Gasteiger partial charge in [-0.05, 0) is 25.0 Å². The van der Waals surface area contributed by atoms with E-state index in [-0.39, 0.29) is 17.1 Å². The molecule has 1 aliphatic carbocycles. The summed E-state index contributed by atoms with van der Waals surface area (Å²) in [5.74, 6) is -2.85. The third kappa shape index (κ3) is 3.22. The molecule has 3 nitrogen and oxygen atoms in total. The number of benzene rings is 1. The summed E-state index contributed by atoms with van der Waals surface area (Å²) in [5.41, 5.74) is -1.04. The van der Waals surface area contributed by atoms with Crippen molar-refractivity contribution < 1.29 is 18.7 Å². The summed E-state index contributed by atoms with van der Waals surface area (Å²) in [4.78, 5) is 11.8. The average molecular weight is 290 g/mol. The van der Waals surface area contributed by atoms with Crippen LogP contribution >= 0.6 is 11.6 Å². The Hall–Kier alpha value is -1.20. The molecule has 0 aromatic heterocycles. The molecule has 0 heterocycles. The van der Waals surface area contributed by atoms with Crippen LogP contribution in [-0.4, -0.2) is 23.2 Å². The van der Waals surface area contributed by atoms with Gasteiger partial charge in [-0.15, -0.1) is 0 Å². The molecule has 0 unspecified atom stereocenters. The second kappa shape index (κ2) is 5.43. The molecule has 2 rings (SSSR count). The summed E-state index contributed by atoms with van der Waals surface area (Å²) in [6.07, 6.45) is 3.08. The Labute approximate surface area is 114 Å². The van der Waals surface area contributed by atoms with Gasteiger partial charge in [0, 0.05) is 6.54 Å². The number of hydrogen-bond acceptors (Lipinski definition) is 2. The van der Waals surface area contributed by atoms with Crippen LogP contribution in [0.2, 0.25) is 5.02 Å². The first-order valence-electron chi connectivity index (χ1n) is 6.06. The fourth-order valence-corrected chi connectivity index (χ4v) is 2.48. The summed E-state index contributed by atoms with van der Waals surface area (Å²) in [6.45, 7) is 0.0845. The first-order valence-corrected chi connectivity index (χ1v) is 6.44. The molecule has 1 saturated carbocycles. The third-order valence-electron chi connectivity index (χ3n) is 3.37. The summed E-state index contributed by atoms with van der Waals surface area (Å²) in [5, 5.41) is 12.4. The number of carbonyl (C=O) groups excluding carboxylic acids is 1. The molecular formula is C13H14ClF2NO2. The fraction of sp³-hybridized carbons (Fsp3) is 0.462. The Morgan fingerprint density at radius 3 is 2.53 bits per heavy atom. The second-order valence-corrected chi connectivity index (χ2v) is 5.27. The average Bonchev–Trinajstić information content (AvgIpc) is 2.78. The molecule has 0 radical (unpaired) electrons. The Balaban J connectivity index is 2.06. The van der Waals surface area contributed by atoms with Crippen LogP contribution in [0.15, 0.2) is 12.1 Å². The monoisotopic (exact) mass is 289 g/mol. The minimum absolute atomic E-state index is 0.0845. The van der Waals surface area contributed by atoms with Gasteiger partial charge in [0.25, 0.3) is 5.91 Å². The van der Waals surface area contributed by atoms with E-state index in [1.165, 1.54) is 0 Å². The van der Waals surface area contributed by atoms with Gasteiger partial charge in [0.1, 0.15) is 0 Å². The van der Waals surface area contributed by atoms with E-state index in [0.29, 0.717) is 12.8 Å². The Morgan fingerprint density at radius 1 is 1.32 bits per heavy atom. The molecule has 1 amide bonds. The van der Waals surface area contributed by atoms with E-state index in [1.807, 2.05) is 0 Å². The van der Waals surface area contributed by atoms with Crippen molar-refractivity contribution >= 4 is 17.5 Å². The van der Waals surface area contributed by atoms with Gasteiger partial charge in [-0.3, -0.25) is 4.79 Å². The van der Waals surface area contributed by atoms with Gasteiger partial charge in [0.05, 0.1) is 16.2 Å². The highest BCUT2D eigenvalue weighted by Crippen LogP contribution is 2.28. The van der Waals surface area contributed by atoms with Crippen molar-refractivity contribution in [2.75, 3.05) is 6.54 Å². The van der Waals surface area contributed by atoms with Crippen molar-refractivity contribution in [3.05, 3.63) is 34.4 Å². The molecular weight excluding hydrogens is 276 g/mol. The molecule has 6 heteroatoms. The molecule has 19 heavy (non-hydrogen) atoms. The van der Waals surface area contributed by atoms with Crippen LogP contribution in [0.1, 0.15) is 36.0 Å². The summed E-state index contributed by atoms with van der Waals surface area (Å²) < 4.78 is 26.0. The van der Waals surface area contributed by atoms with Gasteiger partial charge in [-0.2, -0.15) is 0 Å². The van der Waals surface area contributed by atoms with Gasteiger partial charge < -0.3 is 10.4 Å². The van der Waals surface area contributed by atoms with Crippen LogP contribution in [0.4, 0.5) is 8.78 Å². The molecule has 0 aliphatic heterocycles. The summed E-state index contributed by atoms with van der Waals surface area (Å²) >= 11 is 5.70. The predicted octanol–water partition coefficient (Wildman–Crippen LogP) is 2.65. The predicted molar refractivity (Wildman–Crippen MR) is 67.1 cm³/mol. The van der Waals surface area contributed by atoms with Crippen molar-refractivity contribution in [2.45, 2.75) is 31.3 Å². The highest BCUT2D eigenvalue weighted by atomic mass is 35.5. The molecule has 0 spiro atoms. The van der Waals surface area contributed by atoms with Crippen molar-refractivity contribution in [1.82, 2.24) is 5.32 Å². The zero-order valence-corrected chi connectivity index (χ0v) is 10.9. The zero-order valence-electron chi connectivity index (χ0n) is 10.2. The van der Waals surface area contributed by atoms with Crippen molar-refractivity contribution in [1.29, 1.82) is 0 Å². The van der Waals surface area contributed by atoms with Crippen molar-refractivity contribution in [3.8, 4) is 0 Å². The molecule has 0 atom stereocenters. The van der Waals surface area contributed by atoms with E-state index < -0.39 is 23.1 Å². The maximum Gasteiger partial charge on any atom is 0.253 e. The van der Waals surface area contributed by atoms with Gasteiger partial charge in [-0.25, -0.2) is 8.78 Å². The van der Waals surface area contributed by atoms with Crippen LogP contribution in [-0.2, 0) is 0 Å². The Kier molecular flexibility index (Phi) is 4.06. The lowest BCUT2D eigenvalue weighted by atomic mass is 10.0. The number of halogens is 3. The smallest absolute Gasteiger partial charge is 0.253 e. The maximum atomic E-state index is 13.1. The lowest BCUT2D eigenvalue weighted by molar-refractivity contribution is 0.0449. The van der Waals surface area contributed by atoms with Gasteiger partial charge in [0.15, 0.2) is 11.6 Å². The number of hydrogen-bond donors (Lipinski definition) is 2. The van der Waals surface area contributed by atoms with Crippen LogP contribution < -0.4 is 5.32 Å². The molecule has 0 bridgehead atoms. The minimum Gasteiger partial charge on any atom is -0.388 e. The van der Waals surface area contributed by atoms with Gasteiger partial charge in [0.2, 0.25) is 0 Å². The van der Waals surface area contributed by atoms with Crippen LogP contribution in [0.3, 0.4) is 0 Å². The molecule has 104 valence electrons. The fourth-order valence-electron chi connectivity index (χ4n) is 2.25. The molecule has 0 saturated heterocycles. The Bertz CT molecular complexity index is 502. The minimum atomic E-state index is -1.13. The number of rotatable bonds is 3. The molecule has 2 N–H and O–H groups in total. The first-order chi connectivity index (χ1) is 8.91. The summed E-state index contributed by atoms with van der Waals surface area (Å²) in [7, 11) is 0. The topological polar surface area (TPSA) is 49.3 Å². The normalized spacial score (nSPS) is 17.5. The quantitative estimate of drug-likeness (QED) is 0.841. The van der Waals surface area contributed by atoms with Crippen molar-refractivity contribution in [2.24, 2.45) is 0 Å². The number of aliphatic hydroxyl groups is 1. The number of carbonyl (C=O) groups is 1. The van der Waals surface area contributed by atoms with Gasteiger partial charge in [-0.1, -0.05) is 24.4 Å².